The first-order valence-electron chi connectivity index (χ1n) is 9.50. The van der Waals surface area contributed by atoms with Gasteiger partial charge in [-0.05, 0) is 49.2 Å². The molecule has 1 heterocycles. The maximum atomic E-state index is 12.8. The number of benzene rings is 2. The molecule has 0 atom stereocenters. The molecular formula is C21H19F3N4O3. The highest BCUT2D eigenvalue weighted by molar-refractivity contribution is 5.76. The lowest BCUT2D eigenvalue weighted by Crippen LogP contribution is -2.33. The molecule has 1 saturated carbocycles. The van der Waals surface area contributed by atoms with Gasteiger partial charge in [0.15, 0.2) is 0 Å². The molecule has 31 heavy (non-hydrogen) atoms. The Morgan fingerprint density at radius 3 is 2.45 bits per heavy atom. The van der Waals surface area contributed by atoms with Crippen LogP contribution in [0.4, 0.5) is 29.3 Å². The van der Waals surface area contributed by atoms with Crippen LogP contribution in [0.15, 0.2) is 52.9 Å². The normalized spacial score (nSPS) is 14.8. The van der Waals surface area contributed by atoms with Crippen molar-refractivity contribution in [2.24, 2.45) is 0 Å². The predicted octanol–water partition coefficient (Wildman–Crippen LogP) is 5.14. The number of hydrogen-bond donors (Lipinski definition) is 2. The molecule has 1 fully saturated rings. The quantitative estimate of drug-likeness (QED) is 0.560. The number of nitrogens with one attached hydrogen (secondary N) is 1. The van der Waals surface area contributed by atoms with Crippen molar-refractivity contribution in [1.82, 2.24) is 15.1 Å². The lowest BCUT2D eigenvalue weighted by Gasteiger charge is -2.18. The molecular weight excluding hydrogens is 413 g/mol. The Morgan fingerprint density at radius 1 is 1.16 bits per heavy atom. The van der Waals surface area contributed by atoms with Crippen LogP contribution in [0.25, 0.3) is 11.5 Å². The van der Waals surface area contributed by atoms with Gasteiger partial charge in [-0.2, -0.15) is 13.2 Å². The second-order valence-corrected chi connectivity index (χ2v) is 7.58. The number of anilines is 2. The van der Waals surface area contributed by atoms with E-state index in [9.17, 15) is 18.0 Å². The number of carbonyl (C=O) groups is 1. The molecule has 1 amide bonds. The van der Waals surface area contributed by atoms with Crippen LogP contribution in [0.3, 0.4) is 0 Å². The number of alkyl halides is 3. The largest absolute Gasteiger partial charge is 0.465 e. The molecule has 162 valence electrons. The van der Waals surface area contributed by atoms with Crippen molar-refractivity contribution in [3.63, 3.8) is 0 Å². The van der Waals surface area contributed by atoms with Gasteiger partial charge in [-0.15, -0.1) is 10.2 Å². The summed E-state index contributed by atoms with van der Waals surface area (Å²) in [4.78, 5) is 12.3. The fourth-order valence-electron chi connectivity index (χ4n) is 3.34. The van der Waals surface area contributed by atoms with E-state index in [1.54, 1.807) is 24.3 Å². The zero-order chi connectivity index (χ0) is 22.2. The number of aromatic nitrogens is 2. The van der Waals surface area contributed by atoms with E-state index in [0.29, 0.717) is 22.8 Å². The van der Waals surface area contributed by atoms with Crippen LogP contribution in [0.2, 0.25) is 0 Å². The zero-order valence-corrected chi connectivity index (χ0v) is 16.5. The second-order valence-electron chi connectivity index (χ2n) is 7.58. The van der Waals surface area contributed by atoms with E-state index in [2.05, 4.69) is 15.5 Å². The smallest absolute Gasteiger partial charge is 0.416 e. The summed E-state index contributed by atoms with van der Waals surface area (Å²) in [6.45, 7) is 0.259. The van der Waals surface area contributed by atoms with E-state index in [4.69, 9.17) is 9.52 Å². The Morgan fingerprint density at radius 2 is 1.84 bits per heavy atom. The summed E-state index contributed by atoms with van der Waals surface area (Å²) in [6, 6.07) is 11.8. The number of hydrogen-bond acceptors (Lipinski definition) is 5. The molecule has 1 aliphatic carbocycles. The average Bonchev–Trinajstić information content (AvgIpc) is 3.33. The van der Waals surface area contributed by atoms with Gasteiger partial charge in [0.05, 0.1) is 22.2 Å². The van der Waals surface area contributed by atoms with Crippen LogP contribution in [0.1, 0.15) is 24.3 Å². The molecule has 3 aromatic rings. The van der Waals surface area contributed by atoms with E-state index in [1.165, 1.54) is 24.1 Å². The van der Waals surface area contributed by atoms with Crippen LogP contribution in [0.5, 0.6) is 0 Å². The fourth-order valence-corrected chi connectivity index (χ4v) is 3.34. The molecule has 0 saturated heterocycles. The summed E-state index contributed by atoms with van der Waals surface area (Å²) in [7, 11) is 1.49. The van der Waals surface area contributed by atoms with E-state index in [1.807, 2.05) is 0 Å². The van der Waals surface area contributed by atoms with Gasteiger partial charge >= 0.3 is 12.3 Å². The minimum atomic E-state index is -4.40. The maximum absolute atomic E-state index is 12.8. The Balaban J connectivity index is 1.57. The summed E-state index contributed by atoms with van der Waals surface area (Å²) in [5, 5.41) is 20.5. The first kappa shape index (κ1) is 20.7. The van der Waals surface area contributed by atoms with Crippen LogP contribution in [-0.2, 0) is 11.6 Å². The maximum Gasteiger partial charge on any atom is 0.416 e. The minimum absolute atomic E-state index is 0.245. The van der Waals surface area contributed by atoms with E-state index in [-0.39, 0.29) is 12.4 Å². The molecule has 0 radical (unpaired) electrons. The van der Waals surface area contributed by atoms with Crippen LogP contribution in [-0.4, -0.2) is 39.9 Å². The van der Waals surface area contributed by atoms with Gasteiger partial charge in [0.2, 0.25) is 11.8 Å². The van der Waals surface area contributed by atoms with Crippen LogP contribution >= 0.6 is 0 Å². The molecule has 4 rings (SSSR count). The third-order valence-electron chi connectivity index (χ3n) is 5.25. The lowest BCUT2D eigenvalue weighted by atomic mass is 10.1. The monoisotopic (exact) mass is 432 g/mol. The van der Waals surface area contributed by atoms with Crippen molar-refractivity contribution in [3.05, 3.63) is 60.0 Å². The fraction of sp³-hybridized carbons (Fsp3) is 0.286. The zero-order valence-electron chi connectivity index (χ0n) is 16.5. The number of para-hydroxylation sites is 1. The SMILES string of the molecule is CN(CC1(c2nnc(-c3ccccc3Nc3ccc(C(F)(F)F)cc3)o2)CC1)C(=O)O. The Labute approximate surface area is 175 Å². The first-order valence-corrected chi connectivity index (χ1v) is 9.50. The third-order valence-corrected chi connectivity index (χ3v) is 5.25. The molecule has 2 N–H and O–H groups in total. The minimum Gasteiger partial charge on any atom is -0.465 e. The van der Waals surface area contributed by atoms with Crippen molar-refractivity contribution in [1.29, 1.82) is 0 Å². The number of rotatable bonds is 6. The molecule has 10 heteroatoms. The summed E-state index contributed by atoms with van der Waals surface area (Å²) in [5.41, 5.74) is 0.443. The van der Waals surface area contributed by atoms with Gasteiger partial charge in [-0.25, -0.2) is 4.79 Å². The van der Waals surface area contributed by atoms with Crippen molar-refractivity contribution >= 4 is 17.5 Å². The van der Waals surface area contributed by atoms with E-state index >= 15 is 0 Å². The number of nitrogens with zero attached hydrogens (tertiary/aromatic N) is 3. The predicted molar refractivity (Wildman–Crippen MR) is 106 cm³/mol. The average molecular weight is 432 g/mol. The lowest BCUT2D eigenvalue weighted by molar-refractivity contribution is -0.137. The summed E-state index contributed by atoms with van der Waals surface area (Å²) < 4.78 is 44.2. The highest BCUT2D eigenvalue weighted by Gasteiger charge is 2.50. The molecule has 1 aromatic heterocycles. The topological polar surface area (TPSA) is 91.5 Å². The number of halogens is 3. The Bertz CT molecular complexity index is 1090. The van der Waals surface area contributed by atoms with Crippen molar-refractivity contribution in [3.8, 4) is 11.5 Å². The Hall–Kier alpha value is -3.56. The van der Waals surface area contributed by atoms with Crippen LogP contribution < -0.4 is 5.32 Å². The molecule has 2 aromatic carbocycles. The molecule has 7 nitrogen and oxygen atoms in total. The van der Waals surface area contributed by atoms with Gasteiger partial charge in [0, 0.05) is 19.3 Å². The third kappa shape index (κ3) is 4.32. The molecule has 1 aliphatic rings. The van der Waals surface area contributed by atoms with Crippen molar-refractivity contribution in [2.45, 2.75) is 24.4 Å². The standard InChI is InChI=1S/C21H19F3N4O3/c1-28(19(29)30)12-20(10-11-20)18-27-26-17(31-18)15-4-2-3-5-16(15)25-14-8-6-13(7-9-14)21(22,23)24/h2-9,25H,10-12H2,1H3,(H,29,30). The van der Waals surface area contributed by atoms with Gasteiger partial charge in [-0.3, -0.25) is 0 Å². The number of carboxylic acid groups (broad SMARTS) is 1. The van der Waals surface area contributed by atoms with E-state index in [0.717, 1.165) is 25.0 Å². The molecule has 0 spiro atoms. The molecule has 0 bridgehead atoms. The molecule has 0 unspecified atom stereocenters. The second kappa shape index (κ2) is 7.60. The number of amides is 1. The van der Waals surface area contributed by atoms with Gasteiger partial charge in [-0.1, -0.05) is 12.1 Å². The van der Waals surface area contributed by atoms with Gasteiger partial charge in [0.25, 0.3) is 0 Å². The Kier molecular flexibility index (Phi) is 5.08. The van der Waals surface area contributed by atoms with Crippen molar-refractivity contribution in [2.75, 3.05) is 18.9 Å². The number of likely N-dealkylation sites (N-methyl/N-ethyl adjacent to an activating group) is 1. The van der Waals surface area contributed by atoms with Crippen LogP contribution in [0, 0.1) is 0 Å². The highest BCUT2D eigenvalue weighted by atomic mass is 19.4. The van der Waals surface area contributed by atoms with E-state index < -0.39 is 23.2 Å². The summed E-state index contributed by atoms with van der Waals surface area (Å²) in [6.07, 6.45) is -3.93. The summed E-state index contributed by atoms with van der Waals surface area (Å²) >= 11 is 0. The summed E-state index contributed by atoms with van der Waals surface area (Å²) in [5.74, 6) is 0.620. The van der Waals surface area contributed by atoms with Gasteiger partial charge in [0.1, 0.15) is 0 Å². The highest BCUT2D eigenvalue weighted by Crippen LogP contribution is 2.48. The molecule has 0 aliphatic heterocycles. The van der Waals surface area contributed by atoms with Crippen molar-refractivity contribution < 1.29 is 27.5 Å². The first-order chi connectivity index (χ1) is 14.7. The van der Waals surface area contributed by atoms with Gasteiger partial charge < -0.3 is 19.7 Å².